The molecule has 0 saturated heterocycles. The van der Waals surface area contributed by atoms with Gasteiger partial charge in [-0.05, 0) is 23.6 Å². The molecule has 0 amide bonds. The number of alkyl halides is 3. The molecule has 0 unspecified atom stereocenters. The van der Waals surface area contributed by atoms with E-state index in [-0.39, 0.29) is 0 Å². The molecule has 0 aliphatic rings. The molecular weight excluding hydrogens is 401 g/mol. The van der Waals surface area contributed by atoms with Gasteiger partial charge in [-0.25, -0.2) is 8.78 Å². The van der Waals surface area contributed by atoms with E-state index in [0.29, 0.717) is 17.8 Å². The number of Topliss-reactive ketones (excluding diaryl/α,β-unsaturated/α-hetero) is 2. The zero-order valence-electron chi connectivity index (χ0n) is 13.9. The maximum atomic E-state index is 13.6. The number of carbonyl (C=O) groups is 2. The molecule has 0 atom stereocenters. The van der Waals surface area contributed by atoms with Crippen LogP contribution < -0.4 is 0 Å². The van der Waals surface area contributed by atoms with Crippen molar-refractivity contribution in [3.63, 3.8) is 0 Å². The molecule has 28 heavy (non-hydrogen) atoms. The normalized spacial score (nSPS) is 11.8. The van der Waals surface area contributed by atoms with E-state index in [1.807, 2.05) is 0 Å². The van der Waals surface area contributed by atoms with Gasteiger partial charge in [-0.1, -0.05) is 24.3 Å². The van der Waals surface area contributed by atoms with Crippen molar-refractivity contribution >= 4 is 23.3 Å². The molecule has 0 saturated carbocycles. The van der Waals surface area contributed by atoms with Crippen LogP contribution in [0.3, 0.4) is 0 Å². The van der Waals surface area contributed by atoms with E-state index in [9.17, 15) is 31.5 Å². The standard InChI is InChI=1S/C19H10F5NO2S/c20-14-6-3-7-15(21)17(14)16(26)10-28-9-11(8-25)18(27)12-4-1-2-5-13(12)19(22,23)24/h1-7,9H,10H2/b11-9+. The Bertz CT molecular complexity index is 972. The van der Waals surface area contributed by atoms with Crippen LogP contribution in [0.2, 0.25) is 0 Å². The molecule has 0 aliphatic carbocycles. The minimum atomic E-state index is -4.79. The van der Waals surface area contributed by atoms with Crippen LogP contribution in [-0.4, -0.2) is 17.3 Å². The van der Waals surface area contributed by atoms with Gasteiger partial charge in [0.25, 0.3) is 0 Å². The summed E-state index contributed by atoms with van der Waals surface area (Å²) in [6, 6.07) is 8.32. The van der Waals surface area contributed by atoms with Gasteiger partial charge >= 0.3 is 6.18 Å². The molecule has 2 aromatic carbocycles. The van der Waals surface area contributed by atoms with Crippen LogP contribution in [0, 0.1) is 23.0 Å². The number of thioether (sulfide) groups is 1. The van der Waals surface area contributed by atoms with Gasteiger partial charge in [-0.3, -0.25) is 9.59 Å². The van der Waals surface area contributed by atoms with Crippen molar-refractivity contribution in [1.82, 2.24) is 0 Å². The highest BCUT2D eigenvalue weighted by Gasteiger charge is 2.35. The molecule has 2 rings (SSSR count). The minimum absolute atomic E-state index is 0.517. The molecule has 3 nitrogen and oxygen atoms in total. The first-order valence-corrected chi connectivity index (χ1v) is 8.61. The third kappa shape index (κ3) is 4.84. The fraction of sp³-hybridized carbons (Fsp3) is 0.105. The summed E-state index contributed by atoms with van der Waals surface area (Å²) in [6.07, 6.45) is -4.79. The summed E-state index contributed by atoms with van der Waals surface area (Å²) in [4.78, 5) is 24.2. The van der Waals surface area contributed by atoms with Crippen molar-refractivity contribution in [3.05, 3.63) is 81.8 Å². The number of rotatable bonds is 6. The van der Waals surface area contributed by atoms with Crippen LogP contribution >= 0.6 is 11.8 Å². The molecule has 0 aliphatic heterocycles. The van der Waals surface area contributed by atoms with Gasteiger partial charge < -0.3 is 0 Å². The Morgan fingerprint density at radius 2 is 1.64 bits per heavy atom. The Labute approximate surface area is 160 Å². The monoisotopic (exact) mass is 411 g/mol. The second-order valence-corrected chi connectivity index (χ2v) is 6.20. The summed E-state index contributed by atoms with van der Waals surface area (Å²) in [5, 5.41) is 9.98. The molecule has 0 fully saturated rings. The van der Waals surface area contributed by atoms with Gasteiger partial charge in [0.2, 0.25) is 5.78 Å². The third-order valence-electron chi connectivity index (χ3n) is 3.50. The maximum absolute atomic E-state index is 13.6. The van der Waals surface area contributed by atoms with E-state index in [4.69, 9.17) is 5.26 Å². The van der Waals surface area contributed by atoms with E-state index >= 15 is 0 Å². The number of nitriles is 1. The lowest BCUT2D eigenvalue weighted by Crippen LogP contribution is -2.14. The van der Waals surface area contributed by atoms with E-state index in [1.165, 1.54) is 12.1 Å². The largest absolute Gasteiger partial charge is 0.417 e. The lowest BCUT2D eigenvalue weighted by atomic mass is 9.99. The highest BCUT2D eigenvalue weighted by Crippen LogP contribution is 2.33. The Hall–Kier alpha value is -2.99. The third-order valence-corrected chi connectivity index (χ3v) is 4.33. The fourth-order valence-electron chi connectivity index (χ4n) is 2.24. The van der Waals surface area contributed by atoms with E-state index in [1.54, 1.807) is 0 Å². The molecule has 144 valence electrons. The summed E-state index contributed by atoms with van der Waals surface area (Å²) < 4.78 is 66.2. The predicted octanol–water partition coefficient (Wildman–Crippen LogP) is 5.19. The lowest BCUT2D eigenvalue weighted by Gasteiger charge is -2.11. The maximum Gasteiger partial charge on any atom is 0.417 e. The Morgan fingerprint density at radius 1 is 1.04 bits per heavy atom. The second kappa shape index (κ2) is 8.80. The molecule has 0 spiro atoms. The topological polar surface area (TPSA) is 57.9 Å². The van der Waals surface area contributed by atoms with Crippen LogP contribution in [0.1, 0.15) is 26.3 Å². The average molecular weight is 411 g/mol. The first-order chi connectivity index (χ1) is 13.2. The SMILES string of the molecule is N#C/C(=C\SCC(=O)c1c(F)cccc1F)C(=O)c1ccccc1C(F)(F)F. The molecule has 0 N–H and O–H groups in total. The molecule has 0 radical (unpaired) electrons. The minimum Gasteiger partial charge on any atom is -0.293 e. The highest BCUT2D eigenvalue weighted by molar-refractivity contribution is 8.02. The number of carbonyl (C=O) groups excluding carboxylic acids is 2. The van der Waals surface area contributed by atoms with Crippen molar-refractivity contribution in [2.45, 2.75) is 6.18 Å². The lowest BCUT2D eigenvalue weighted by molar-refractivity contribution is -0.137. The molecule has 0 aromatic heterocycles. The number of benzene rings is 2. The fourth-order valence-corrected chi connectivity index (χ4v) is 2.95. The van der Waals surface area contributed by atoms with Crippen LogP contribution in [-0.2, 0) is 6.18 Å². The number of allylic oxidation sites excluding steroid dienone is 1. The van der Waals surface area contributed by atoms with E-state index in [2.05, 4.69) is 0 Å². The van der Waals surface area contributed by atoms with Crippen LogP contribution in [0.5, 0.6) is 0 Å². The van der Waals surface area contributed by atoms with Crippen LogP contribution in [0.4, 0.5) is 22.0 Å². The highest BCUT2D eigenvalue weighted by atomic mass is 32.2. The number of hydrogen-bond donors (Lipinski definition) is 0. The zero-order chi connectivity index (χ0) is 20.9. The van der Waals surface area contributed by atoms with Gasteiger partial charge in [-0.2, -0.15) is 18.4 Å². The molecule has 2 aromatic rings. The van der Waals surface area contributed by atoms with Gasteiger partial charge in [0.1, 0.15) is 23.3 Å². The number of halogens is 5. The summed E-state index contributed by atoms with van der Waals surface area (Å²) in [5.74, 6) is -4.75. The summed E-state index contributed by atoms with van der Waals surface area (Å²) in [7, 11) is 0. The Morgan fingerprint density at radius 3 is 2.21 bits per heavy atom. The molecule has 0 bridgehead atoms. The summed E-state index contributed by atoms with van der Waals surface area (Å²) >= 11 is 0.573. The summed E-state index contributed by atoms with van der Waals surface area (Å²) in [6.45, 7) is 0. The number of nitrogens with zero attached hydrogens (tertiary/aromatic N) is 1. The zero-order valence-corrected chi connectivity index (χ0v) is 14.7. The van der Waals surface area contributed by atoms with E-state index in [0.717, 1.165) is 35.7 Å². The van der Waals surface area contributed by atoms with E-state index < -0.39 is 57.4 Å². The van der Waals surface area contributed by atoms with Crippen LogP contribution in [0.25, 0.3) is 0 Å². The Kier molecular flexibility index (Phi) is 6.70. The van der Waals surface area contributed by atoms with Crippen LogP contribution in [0.15, 0.2) is 53.4 Å². The molecule has 0 heterocycles. The number of hydrogen-bond acceptors (Lipinski definition) is 4. The second-order valence-electron chi connectivity index (χ2n) is 5.35. The smallest absolute Gasteiger partial charge is 0.293 e. The van der Waals surface area contributed by atoms with Gasteiger partial charge in [0.15, 0.2) is 5.78 Å². The molecule has 9 heteroatoms. The first kappa shape index (κ1) is 21.3. The number of ketones is 2. The van der Waals surface area contributed by atoms with Crippen molar-refractivity contribution in [1.29, 1.82) is 5.26 Å². The molecular formula is C19H10F5NO2S. The Balaban J connectivity index is 2.21. The predicted molar refractivity (Wildman–Crippen MR) is 92.6 cm³/mol. The summed E-state index contributed by atoms with van der Waals surface area (Å²) in [5.41, 5.74) is -3.32. The van der Waals surface area contributed by atoms with Gasteiger partial charge in [-0.15, -0.1) is 11.8 Å². The van der Waals surface area contributed by atoms with Crippen molar-refractivity contribution in [2.24, 2.45) is 0 Å². The van der Waals surface area contributed by atoms with Gasteiger partial charge in [0, 0.05) is 5.56 Å². The quantitative estimate of drug-likeness (QED) is 0.284. The van der Waals surface area contributed by atoms with Crippen molar-refractivity contribution < 1.29 is 31.5 Å². The van der Waals surface area contributed by atoms with Crippen molar-refractivity contribution in [2.75, 3.05) is 5.75 Å². The average Bonchev–Trinajstić information content (AvgIpc) is 2.64. The first-order valence-electron chi connectivity index (χ1n) is 7.56. The van der Waals surface area contributed by atoms with Gasteiger partial charge in [0.05, 0.1) is 16.9 Å². The van der Waals surface area contributed by atoms with Crippen molar-refractivity contribution in [3.8, 4) is 6.07 Å².